The van der Waals surface area contributed by atoms with E-state index in [9.17, 15) is 0 Å². The highest BCUT2D eigenvalue weighted by Crippen LogP contribution is 2.45. The minimum Gasteiger partial charge on any atom is -0.501 e. The van der Waals surface area contributed by atoms with Crippen molar-refractivity contribution in [1.29, 1.82) is 0 Å². The number of ether oxygens (including phenoxy) is 2. The van der Waals surface area contributed by atoms with Crippen molar-refractivity contribution < 1.29 is 13.9 Å². The second-order valence-electron chi connectivity index (χ2n) is 6.18. The predicted molar refractivity (Wildman–Crippen MR) is 76.7 cm³/mol. The lowest BCUT2D eigenvalue weighted by atomic mass is 9.87. The third-order valence-corrected chi connectivity index (χ3v) is 4.10. The van der Waals surface area contributed by atoms with E-state index >= 15 is 0 Å². The second kappa shape index (κ2) is 4.69. The number of rotatable bonds is 3. The van der Waals surface area contributed by atoms with Crippen molar-refractivity contribution in [3.05, 3.63) is 36.0 Å². The summed E-state index contributed by atoms with van der Waals surface area (Å²) < 4.78 is 17.0. The van der Waals surface area contributed by atoms with Crippen molar-refractivity contribution in [1.82, 2.24) is 0 Å². The van der Waals surface area contributed by atoms with Crippen LogP contribution < -0.4 is 0 Å². The SMILES string of the molecule is COC1=C[C@@H](c2ccco2)[C@@H](C2=NC(C)(C)CO2)[C@@H]1C. The van der Waals surface area contributed by atoms with Crippen LogP contribution >= 0.6 is 0 Å². The Labute approximate surface area is 119 Å². The Morgan fingerprint density at radius 3 is 2.75 bits per heavy atom. The van der Waals surface area contributed by atoms with Crippen LogP contribution in [0.15, 0.2) is 39.6 Å². The van der Waals surface area contributed by atoms with Gasteiger partial charge in [-0.05, 0) is 32.1 Å². The van der Waals surface area contributed by atoms with Gasteiger partial charge in [0.25, 0.3) is 0 Å². The van der Waals surface area contributed by atoms with E-state index < -0.39 is 0 Å². The molecule has 0 aromatic carbocycles. The monoisotopic (exact) mass is 275 g/mol. The molecule has 3 atom stereocenters. The Morgan fingerprint density at radius 1 is 1.40 bits per heavy atom. The largest absolute Gasteiger partial charge is 0.501 e. The summed E-state index contributed by atoms with van der Waals surface area (Å²) in [6, 6.07) is 3.91. The number of furan rings is 1. The van der Waals surface area contributed by atoms with Crippen molar-refractivity contribution in [2.24, 2.45) is 16.8 Å². The molecule has 0 radical (unpaired) electrons. The summed E-state index contributed by atoms with van der Waals surface area (Å²) in [7, 11) is 1.71. The van der Waals surface area contributed by atoms with Crippen LogP contribution in [0.2, 0.25) is 0 Å². The summed E-state index contributed by atoms with van der Waals surface area (Å²) in [5.74, 6) is 3.26. The molecule has 2 aliphatic rings. The van der Waals surface area contributed by atoms with Crippen molar-refractivity contribution in [2.45, 2.75) is 32.2 Å². The number of hydrogen-bond donors (Lipinski definition) is 0. The average molecular weight is 275 g/mol. The molecule has 2 heterocycles. The van der Waals surface area contributed by atoms with Crippen LogP contribution in [-0.4, -0.2) is 25.2 Å². The molecule has 0 unspecified atom stereocenters. The number of hydrogen-bond acceptors (Lipinski definition) is 4. The highest BCUT2D eigenvalue weighted by Gasteiger charge is 2.44. The number of nitrogens with zero attached hydrogens (tertiary/aromatic N) is 1. The third kappa shape index (κ3) is 2.13. The first-order valence-electron chi connectivity index (χ1n) is 7.03. The maximum atomic E-state index is 5.86. The lowest BCUT2D eigenvalue weighted by Gasteiger charge is -2.21. The van der Waals surface area contributed by atoms with E-state index in [1.807, 2.05) is 12.1 Å². The lowest BCUT2D eigenvalue weighted by molar-refractivity contribution is 0.223. The second-order valence-corrected chi connectivity index (χ2v) is 6.18. The number of methoxy groups -OCH3 is 1. The van der Waals surface area contributed by atoms with E-state index in [1.165, 1.54) is 0 Å². The molecule has 0 bridgehead atoms. The van der Waals surface area contributed by atoms with Gasteiger partial charge in [-0.25, -0.2) is 4.99 Å². The minimum absolute atomic E-state index is 0.127. The summed E-state index contributed by atoms with van der Waals surface area (Å²) in [5.41, 5.74) is -0.140. The van der Waals surface area contributed by atoms with E-state index in [0.717, 1.165) is 17.4 Å². The van der Waals surface area contributed by atoms with Crippen LogP contribution in [0, 0.1) is 11.8 Å². The van der Waals surface area contributed by atoms with E-state index in [2.05, 4.69) is 26.8 Å². The number of aliphatic imine (C=N–C) groups is 1. The molecule has 0 fully saturated rings. The molecule has 1 aromatic rings. The zero-order chi connectivity index (χ0) is 14.3. The molecular weight excluding hydrogens is 254 g/mol. The average Bonchev–Trinajstić information content (AvgIpc) is 3.08. The number of allylic oxidation sites excluding steroid dienone is 2. The normalized spacial score (nSPS) is 31.7. The van der Waals surface area contributed by atoms with Gasteiger partial charge in [0.15, 0.2) is 5.90 Å². The van der Waals surface area contributed by atoms with Crippen molar-refractivity contribution in [3.63, 3.8) is 0 Å². The lowest BCUT2D eigenvalue weighted by Crippen LogP contribution is -2.24. The maximum absolute atomic E-state index is 5.86. The van der Waals surface area contributed by atoms with Gasteiger partial charge in [-0.2, -0.15) is 0 Å². The van der Waals surface area contributed by atoms with Gasteiger partial charge in [0, 0.05) is 5.92 Å². The van der Waals surface area contributed by atoms with E-state index in [-0.39, 0.29) is 23.3 Å². The molecule has 1 aliphatic heterocycles. The zero-order valence-electron chi connectivity index (χ0n) is 12.4. The van der Waals surface area contributed by atoms with Gasteiger partial charge in [-0.3, -0.25) is 0 Å². The minimum atomic E-state index is -0.140. The Bertz CT molecular complexity index is 542. The molecule has 20 heavy (non-hydrogen) atoms. The standard InChI is InChI=1S/C16H21NO3/c1-10-13(18-4)8-11(12-6-5-7-19-12)14(10)15-17-16(2,3)9-20-15/h5-8,10-11,14H,9H2,1-4H3/t10-,11+,14+/m1/s1. The molecule has 108 valence electrons. The van der Waals surface area contributed by atoms with Crippen LogP contribution in [0.4, 0.5) is 0 Å². The van der Waals surface area contributed by atoms with Crippen molar-refractivity contribution >= 4 is 5.90 Å². The molecule has 0 saturated heterocycles. The van der Waals surface area contributed by atoms with Gasteiger partial charge in [0.1, 0.15) is 12.4 Å². The molecule has 4 nitrogen and oxygen atoms in total. The summed E-state index contributed by atoms with van der Waals surface area (Å²) in [4.78, 5) is 4.75. The fourth-order valence-electron chi connectivity index (χ4n) is 3.07. The van der Waals surface area contributed by atoms with Crippen LogP contribution in [0.5, 0.6) is 0 Å². The topological polar surface area (TPSA) is 44.0 Å². The first-order chi connectivity index (χ1) is 9.52. The summed E-state index contributed by atoms with van der Waals surface area (Å²) in [5, 5.41) is 0. The maximum Gasteiger partial charge on any atom is 0.188 e. The molecule has 1 aromatic heterocycles. The van der Waals surface area contributed by atoms with E-state index in [4.69, 9.17) is 18.9 Å². The molecule has 0 N–H and O–H groups in total. The smallest absolute Gasteiger partial charge is 0.188 e. The molecule has 0 saturated carbocycles. The quantitative estimate of drug-likeness (QED) is 0.849. The fraction of sp³-hybridized carbons (Fsp3) is 0.562. The van der Waals surface area contributed by atoms with Crippen LogP contribution in [0.3, 0.4) is 0 Å². The highest BCUT2D eigenvalue weighted by molar-refractivity contribution is 5.83. The predicted octanol–water partition coefficient (Wildman–Crippen LogP) is 3.37. The Hall–Kier alpha value is -1.71. The van der Waals surface area contributed by atoms with Gasteiger partial charge in [-0.1, -0.05) is 6.92 Å². The highest BCUT2D eigenvalue weighted by atomic mass is 16.5. The molecule has 1 aliphatic carbocycles. The van der Waals surface area contributed by atoms with E-state index in [0.29, 0.717) is 6.61 Å². The first kappa shape index (κ1) is 13.3. The summed E-state index contributed by atoms with van der Waals surface area (Å²) >= 11 is 0. The Balaban J connectivity index is 1.96. The molecule has 3 rings (SSSR count). The van der Waals surface area contributed by atoms with Crippen LogP contribution in [-0.2, 0) is 9.47 Å². The molecule has 0 spiro atoms. The molecule has 4 heteroatoms. The first-order valence-corrected chi connectivity index (χ1v) is 7.03. The van der Waals surface area contributed by atoms with Crippen molar-refractivity contribution in [3.8, 4) is 0 Å². The Kier molecular flexibility index (Phi) is 3.11. The van der Waals surface area contributed by atoms with Crippen molar-refractivity contribution in [2.75, 3.05) is 13.7 Å². The van der Waals surface area contributed by atoms with Gasteiger partial charge in [0.2, 0.25) is 0 Å². The molecular formula is C16H21NO3. The van der Waals surface area contributed by atoms with Gasteiger partial charge < -0.3 is 13.9 Å². The summed E-state index contributed by atoms with van der Waals surface area (Å²) in [6.45, 7) is 6.97. The molecule has 0 amide bonds. The third-order valence-electron chi connectivity index (χ3n) is 4.10. The fourth-order valence-corrected chi connectivity index (χ4v) is 3.07. The van der Waals surface area contributed by atoms with Crippen LogP contribution in [0.1, 0.15) is 32.4 Å². The van der Waals surface area contributed by atoms with Gasteiger partial charge >= 0.3 is 0 Å². The van der Waals surface area contributed by atoms with Gasteiger partial charge in [0.05, 0.1) is 36.5 Å². The van der Waals surface area contributed by atoms with Crippen LogP contribution in [0.25, 0.3) is 0 Å². The summed E-state index contributed by atoms with van der Waals surface area (Å²) in [6.07, 6.45) is 3.84. The zero-order valence-corrected chi connectivity index (χ0v) is 12.4. The van der Waals surface area contributed by atoms with Gasteiger partial charge in [-0.15, -0.1) is 0 Å². The van der Waals surface area contributed by atoms with E-state index in [1.54, 1.807) is 13.4 Å². The Morgan fingerprint density at radius 2 is 2.20 bits per heavy atom.